The Labute approximate surface area is 103 Å². The highest BCUT2D eigenvalue weighted by molar-refractivity contribution is 5.83. The Bertz CT molecular complexity index is 662. The van der Waals surface area contributed by atoms with Crippen LogP contribution >= 0.6 is 0 Å². The largest absolute Gasteiger partial charge is 0.475 e. The summed E-state index contributed by atoms with van der Waals surface area (Å²) in [5.41, 5.74) is 2.07. The molecule has 6 heteroatoms. The van der Waals surface area contributed by atoms with Gasteiger partial charge in [0.05, 0.1) is 5.69 Å². The molecular formula is C12H13N3O3. The fourth-order valence-corrected chi connectivity index (χ4v) is 1.86. The molecule has 1 aromatic heterocycles. The number of aromatic nitrogens is 3. The van der Waals surface area contributed by atoms with Crippen molar-refractivity contribution in [3.63, 3.8) is 0 Å². The van der Waals surface area contributed by atoms with Crippen LogP contribution in [0.25, 0.3) is 5.69 Å². The summed E-state index contributed by atoms with van der Waals surface area (Å²) < 4.78 is 2.11. The zero-order valence-corrected chi connectivity index (χ0v) is 10.3. The first-order chi connectivity index (χ1) is 8.40. The Morgan fingerprint density at radius 3 is 2.22 bits per heavy atom. The number of aromatic carboxylic acids is 1. The molecule has 0 amide bonds. The van der Waals surface area contributed by atoms with Gasteiger partial charge >= 0.3 is 11.7 Å². The molecule has 0 radical (unpaired) electrons. The minimum Gasteiger partial charge on any atom is -0.475 e. The first kappa shape index (κ1) is 12.1. The molecule has 0 saturated carbocycles. The molecule has 18 heavy (non-hydrogen) atoms. The predicted molar refractivity (Wildman–Crippen MR) is 65.2 cm³/mol. The summed E-state index contributed by atoms with van der Waals surface area (Å²) >= 11 is 0. The number of rotatable bonds is 2. The maximum absolute atomic E-state index is 11.9. The normalized spacial score (nSPS) is 10.6. The zero-order valence-electron chi connectivity index (χ0n) is 10.3. The Hall–Kier alpha value is -2.37. The van der Waals surface area contributed by atoms with Crippen molar-refractivity contribution in [1.29, 1.82) is 0 Å². The number of nitrogens with zero attached hydrogens (tertiary/aromatic N) is 3. The van der Waals surface area contributed by atoms with Gasteiger partial charge in [-0.2, -0.15) is 4.68 Å². The zero-order chi connectivity index (χ0) is 13.4. The van der Waals surface area contributed by atoms with E-state index >= 15 is 0 Å². The smallest absolute Gasteiger partial charge is 0.374 e. The lowest BCUT2D eigenvalue weighted by Crippen LogP contribution is -2.22. The quantitative estimate of drug-likeness (QED) is 0.854. The third-order valence-corrected chi connectivity index (χ3v) is 2.62. The molecule has 0 aliphatic heterocycles. The predicted octanol–water partition coefficient (Wildman–Crippen LogP) is 0.886. The molecular weight excluding hydrogens is 234 g/mol. The number of benzene rings is 1. The highest BCUT2D eigenvalue weighted by Gasteiger charge is 2.17. The van der Waals surface area contributed by atoms with Crippen LogP contribution in [0.15, 0.2) is 23.0 Å². The standard InChI is InChI=1S/C12H13N3O3/c1-7-4-8(2)6-9(5-7)15-12(18)14(3)10(13-15)11(16)17/h4-6H,1-3H3,(H,16,17). The van der Waals surface area contributed by atoms with Gasteiger partial charge in [0.1, 0.15) is 0 Å². The van der Waals surface area contributed by atoms with E-state index in [-0.39, 0.29) is 5.82 Å². The average molecular weight is 247 g/mol. The molecule has 1 heterocycles. The van der Waals surface area contributed by atoms with Gasteiger partial charge in [0.2, 0.25) is 5.82 Å². The minimum atomic E-state index is -1.22. The molecule has 94 valence electrons. The van der Waals surface area contributed by atoms with Crippen LogP contribution in [0.2, 0.25) is 0 Å². The number of carboxylic acids is 1. The van der Waals surface area contributed by atoms with E-state index < -0.39 is 11.7 Å². The van der Waals surface area contributed by atoms with E-state index in [0.29, 0.717) is 5.69 Å². The van der Waals surface area contributed by atoms with E-state index in [1.807, 2.05) is 19.9 Å². The van der Waals surface area contributed by atoms with Crippen LogP contribution in [0.3, 0.4) is 0 Å². The Morgan fingerprint density at radius 2 is 1.78 bits per heavy atom. The molecule has 0 bridgehead atoms. The number of hydrogen-bond donors (Lipinski definition) is 1. The van der Waals surface area contributed by atoms with Gasteiger partial charge in [-0.1, -0.05) is 6.07 Å². The van der Waals surface area contributed by atoms with E-state index in [2.05, 4.69) is 5.10 Å². The summed E-state index contributed by atoms with van der Waals surface area (Å²) in [6, 6.07) is 5.54. The molecule has 0 aliphatic rings. The molecule has 0 fully saturated rings. The Morgan fingerprint density at radius 1 is 1.22 bits per heavy atom. The van der Waals surface area contributed by atoms with E-state index in [1.54, 1.807) is 12.1 Å². The Balaban J connectivity index is 2.68. The molecule has 0 atom stereocenters. The van der Waals surface area contributed by atoms with E-state index in [9.17, 15) is 9.59 Å². The lowest BCUT2D eigenvalue weighted by atomic mass is 10.1. The lowest BCUT2D eigenvalue weighted by Gasteiger charge is -2.03. The summed E-state index contributed by atoms with van der Waals surface area (Å²) in [6.45, 7) is 3.81. The van der Waals surface area contributed by atoms with Gasteiger partial charge in [-0.3, -0.25) is 4.57 Å². The minimum absolute atomic E-state index is 0.279. The summed E-state index contributed by atoms with van der Waals surface area (Å²) in [6.07, 6.45) is 0. The van der Waals surface area contributed by atoms with Crippen molar-refractivity contribution in [1.82, 2.24) is 14.3 Å². The topological polar surface area (TPSA) is 77.1 Å². The number of hydrogen-bond acceptors (Lipinski definition) is 3. The summed E-state index contributed by atoms with van der Waals surface area (Å²) in [5.74, 6) is -1.50. The van der Waals surface area contributed by atoms with Crippen molar-refractivity contribution in [2.45, 2.75) is 13.8 Å². The third kappa shape index (κ3) is 1.92. The van der Waals surface area contributed by atoms with Crippen LogP contribution < -0.4 is 5.69 Å². The molecule has 0 aliphatic carbocycles. The van der Waals surface area contributed by atoms with Gasteiger partial charge in [-0.25, -0.2) is 9.59 Å². The Kier molecular flexibility index (Phi) is 2.78. The summed E-state index contributed by atoms with van der Waals surface area (Å²) in [5, 5.41) is 12.8. The molecule has 6 nitrogen and oxygen atoms in total. The average Bonchev–Trinajstić information content (AvgIpc) is 2.55. The van der Waals surface area contributed by atoms with Crippen LogP contribution in [0.5, 0.6) is 0 Å². The fourth-order valence-electron chi connectivity index (χ4n) is 1.86. The second kappa shape index (κ2) is 4.14. The van der Waals surface area contributed by atoms with Crippen LogP contribution in [-0.2, 0) is 7.05 Å². The SMILES string of the molecule is Cc1cc(C)cc(-n2nc(C(=O)O)n(C)c2=O)c1. The maximum atomic E-state index is 11.9. The van der Waals surface area contributed by atoms with Crippen molar-refractivity contribution >= 4 is 5.97 Å². The van der Waals surface area contributed by atoms with Crippen LogP contribution in [0, 0.1) is 13.8 Å². The van der Waals surface area contributed by atoms with E-state index in [4.69, 9.17) is 5.11 Å². The van der Waals surface area contributed by atoms with Crippen LogP contribution in [-0.4, -0.2) is 25.4 Å². The molecule has 1 N–H and O–H groups in total. The van der Waals surface area contributed by atoms with Crippen LogP contribution in [0.1, 0.15) is 21.7 Å². The maximum Gasteiger partial charge on any atom is 0.374 e. The van der Waals surface area contributed by atoms with Crippen molar-refractivity contribution in [3.05, 3.63) is 45.6 Å². The van der Waals surface area contributed by atoms with Gasteiger partial charge in [0.15, 0.2) is 0 Å². The highest BCUT2D eigenvalue weighted by atomic mass is 16.4. The van der Waals surface area contributed by atoms with Crippen molar-refractivity contribution in [3.8, 4) is 5.69 Å². The van der Waals surface area contributed by atoms with Gasteiger partial charge in [-0.05, 0) is 37.1 Å². The molecule has 2 rings (SSSR count). The first-order valence-corrected chi connectivity index (χ1v) is 5.38. The first-order valence-electron chi connectivity index (χ1n) is 5.38. The molecule has 0 unspecified atom stereocenters. The molecule has 2 aromatic rings. The van der Waals surface area contributed by atoms with E-state index in [0.717, 1.165) is 20.4 Å². The third-order valence-electron chi connectivity index (χ3n) is 2.62. The second-order valence-electron chi connectivity index (χ2n) is 4.23. The van der Waals surface area contributed by atoms with E-state index in [1.165, 1.54) is 7.05 Å². The summed E-state index contributed by atoms with van der Waals surface area (Å²) in [7, 11) is 1.39. The lowest BCUT2D eigenvalue weighted by molar-refractivity contribution is 0.0678. The van der Waals surface area contributed by atoms with Gasteiger partial charge in [0, 0.05) is 7.05 Å². The molecule has 0 spiro atoms. The van der Waals surface area contributed by atoms with Crippen molar-refractivity contribution in [2.75, 3.05) is 0 Å². The number of carboxylic acid groups (broad SMARTS) is 1. The molecule has 1 aromatic carbocycles. The second-order valence-corrected chi connectivity index (χ2v) is 4.23. The summed E-state index contributed by atoms with van der Waals surface area (Å²) in [4.78, 5) is 22.8. The molecule has 0 saturated heterocycles. The van der Waals surface area contributed by atoms with Crippen LogP contribution in [0.4, 0.5) is 0 Å². The van der Waals surface area contributed by atoms with Crippen molar-refractivity contribution in [2.24, 2.45) is 7.05 Å². The van der Waals surface area contributed by atoms with Gasteiger partial charge < -0.3 is 5.11 Å². The number of carbonyl (C=O) groups is 1. The van der Waals surface area contributed by atoms with Gasteiger partial charge in [0.25, 0.3) is 0 Å². The van der Waals surface area contributed by atoms with Crippen molar-refractivity contribution < 1.29 is 9.90 Å². The van der Waals surface area contributed by atoms with Gasteiger partial charge in [-0.15, -0.1) is 5.10 Å². The fraction of sp³-hybridized carbons (Fsp3) is 0.250. The highest BCUT2D eigenvalue weighted by Crippen LogP contribution is 2.11. The monoisotopic (exact) mass is 247 g/mol. The number of aryl methyl sites for hydroxylation is 2.